The van der Waals surface area contributed by atoms with Crippen LogP contribution >= 0.6 is 0 Å². The molecule has 0 bridgehead atoms. The zero-order valence-corrected chi connectivity index (χ0v) is 14.1. The van der Waals surface area contributed by atoms with Crippen LogP contribution in [0, 0.1) is 5.82 Å². The summed E-state index contributed by atoms with van der Waals surface area (Å²) < 4.78 is 29.0. The van der Waals surface area contributed by atoms with E-state index in [9.17, 15) is 9.18 Å². The molecule has 0 heterocycles. The molecule has 0 aliphatic heterocycles. The standard InChI is InChI=1S/C18H20FNO4/c1-11(12-5-6-17(24-4)16(19)9-12)20-18(21)13-7-14(22-2)10-15(8-13)23-3/h5-11H,1-4H3,(H,20,21)/t11-/m1/s1. The van der Waals surface area contributed by atoms with E-state index >= 15 is 0 Å². The van der Waals surface area contributed by atoms with Crippen molar-refractivity contribution in [2.24, 2.45) is 0 Å². The Hall–Kier alpha value is -2.76. The maximum Gasteiger partial charge on any atom is 0.252 e. The van der Waals surface area contributed by atoms with E-state index in [-0.39, 0.29) is 17.7 Å². The fourth-order valence-corrected chi connectivity index (χ4v) is 2.25. The Balaban J connectivity index is 2.18. The summed E-state index contributed by atoms with van der Waals surface area (Å²) in [5.74, 6) is 0.412. The van der Waals surface area contributed by atoms with E-state index in [0.717, 1.165) is 0 Å². The Kier molecular flexibility index (Phi) is 5.63. The number of carbonyl (C=O) groups excluding carboxylic acids is 1. The maximum absolute atomic E-state index is 13.8. The minimum absolute atomic E-state index is 0.162. The number of amides is 1. The molecular formula is C18H20FNO4. The van der Waals surface area contributed by atoms with Gasteiger partial charge in [0.2, 0.25) is 0 Å². The summed E-state index contributed by atoms with van der Waals surface area (Å²) in [5, 5.41) is 2.82. The van der Waals surface area contributed by atoms with Crippen molar-refractivity contribution in [2.45, 2.75) is 13.0 Å². The van der Waals surface area contributed by atoms with E-state index in [2.05, 4.69) is 5.32 Å². The van der Waals surface area contributed by atoms with Crippen LogP contribution in [0.2, 0.25) is 0 Å². The Morgan fingerprint density at radius 2 is 1.62 bits per heavy atom. The number of rotatable bonds is 6. The van der Waals surface area contributed by atoms with Gasteiger partial charge in [-0.2, -0.15) is 0 Å². The minimum atomic E-state index is -0.473. The van der Waals surface area contributed by atoms with Crippen molar-refractivity contribution >= 4 is 5.91 Å². The van der Waals surface area contributed by atoms with E-state index in [1.165, 1.54) is 33.5 Å². The molecule has 6 heteroatoms. The van der Waals surface area contributed by atoms with Gasteiger partial charge in [-0.3, -0.25) is 4.79 Å². The molecule has 1 atom stereocenters. The lowest BCUT2D eigenvalue weighted by molar-refractivity contribution is 0.0939. The lowest BCUT2D eigenvalue weighted by Crippen LogP contribution is -2.26. The van der Waals surface area contributed by atoms with Crippen molar-refractivity contribution in [1.29, 1.82) is 0 Å². The first-order valence-corrected chi connectivity index (χ1v) is 7.36. The largest absolute Gasteiger partial charge is 0.497 e. The molecule has 0 aliphatic carbocycles. The number of halogens is 1. The Labute approximate surface area is 140 Å². The van der Waals surface area contributed by atoms with E-state index in [0.29, 0.717) is 22.6 Å². The molecule has 0 aliphatic rings. The highest BCUT2D eigenvalue weighted by Crippen LogP contribution is 2.24. The molecule has 0 saturated heterocycles. The lowest BCUT2D eigenvalue weighted by Gasteiger charge is -2.16. The van der Waals surface area contributed by atoms with Gasteiger partial charge in [-0.25, -0.2) is 4.39 Å². The van der Waals surface area contributed by atoms with Gasteiger partial charge in [-0.15, -0.1) is 0 Å². The number of methoxy groups -OCH3 is 3. The van der Waals surface area contributed by atoms with Gasteiger partial charge < -0.3 is 19.5 Å². The molecule has 2 aromatic rings. The second kappa shape index (κ2) is 7.68. The predicted molar refractivity (Wildman–Crippen MR) is 88.4 cm³/mol. The zero-order chi connectivity index (χ0) is 17.7. The normalized spacial score (nSPS) is 11.5. The third-order valence-electron chi connectivity index (χ3n) is 3.64. The molecular weight excluding hydrogens is 313 g/mol. The van der Waals surface area contributed by atoms with Gasteiger partial charge >= 0.3 is 0 Å². The second-order valence-electron chi connectivity index (χ2n) is 5.19. The zero-order valence-electron chi connectivity index (χ0n) is 14.1. The summed E-state index contributed by atoms with van der Waals surface area (Å²) in [6.45, 7) is 1.77. The first kappa shape index (κ1) is 17.6. The van der Waals surface area contributed by atoms with Crippen molar-refractivity contribution in [3.05, 3.63) is 53.3 Å². The topological polar surface area (TPSA) is 56.8 Å². The predicted octanol–water partition coefficient (Wildman–Crippen LogP) is 3.34. The van der Waals surface area contributed by atoms with Gasteiger partial charge in [0.1, 0.15) is 11.5 Å². The Morgan fingerprint density at radius 1 is 1.00 bits per heavy atom. The van der Waals surface area contributed by atoms with Crippen LogP contribution in [0.5, 0.6) is 17.2 Å². The highest BCUT2D eigenvalue weighted by atomic mass is 19.1. The summed E-state index contributed by atoms with van der Waals surface area (Å²) in [4.78, 5) is 12.4. The lowest BCUT2D eigenvalue weighted by atomic mass is 10.1. The summed E-state index contributed by atoms with van der Waals surface area (Å²) in [7, 11) is 4.43. The van der Waals surface area contributed by atoms with Gasteiger partial charge in [0, 0.05) is 11.6 Å². The molecule has 0 saturated carbocycles. The fourth-order valence-electron chi connectivity index (χ4n) is 2.25. The molecule has 5 nitrogen and oxygen atoms in total. The molecule has 0 spiro atoms. The van der Waals surface area contributed by atoms with Crippen LogP contribution < -0.4 is 19.5 Å². The third kappa shape index (κ3) is 3.95. The molecule has 0 fully saturated rings. The van der Waals surface area contributed by atoms with Crippen LogP contribution in [0.1, 0.15) is 28.9 Å². The van der Waals surface area contributed by atoms with Crippen molar-refractivity contribution in [2.75, 3.05) is 21.3 Å². The van der Waals surface area contributed by atoms with Gasteiger partial charge in [0.25, 0.3) is 5.91 Å². The Bertz CT molecular complexity index is 711. The van der Waals surface area contributed by atoms with Gasteiger partial charge in [-0.1, -0.05) is 6.07 Å². The second-order valence-corrected chi connectivity index (χ2v) is 5.19. The number of nitrogens with one attached hydrogen (secondary N) is 1. The van der Waals surface area contributed by atoms with Crippen LogP contribution in [0.3, 0.4) is 0 Å². The molecule has 2 aromatic carbocycles. The first-order valence-electron chi connectivity index (χ1n) is 7.36. The van der Waals surface area contributed by atoms with Gasteiger partial charge in [-0.05, 0) is 36.8 Å². The smallest absolute Gasteiger partial charge is 0.252 e. The van der Waals surface area contributed by atoms with Crippen LogP contribution in [-0.2, 0) is 0 Å². The average molecular weight is 333 g/mol. The molecule has 0 radical (unpaired) electrons. The van der Waals surface area contributed by atoms with Crippen molar-refractivity contribution in [3.63, 3.8) is 0 Å². The fraction of sp³-hybridized carbons (Fsp3) is 0.278. The van der Waals surface area contributed by atoms with Crippen LogP contribution in [0.25, 0.3) is 0 Å². The summed E-state index contributed by atoms with van der Waals surface area (Å²) >= 11 is 0. The van der Waals surface area contributed by atoms with Crippen LogP contribution in [-0.4, -0.2) is 27.2 Å². The molecule has 1 N–H and O–H groups in total. The number of hydrogen-bond donors (Lipinski definition) is 1. The molecule has 0 aromatic heterocycles. The van der Waals surface area contributed by atoms with Crippen molar-refractivity contribution in [3.8, 4) is 17.2 Å². The molecule has 2 rings (SSSR count). The third-order valence-corrected chi connectivity index (χ3v) is 3.64. The van der Waals surface area contributed by atoms with Gasteiger partial charge in [0.05, 0.1) is 27.4 Å². The molecule has 24 heavy (non-hydrogen) atoms. The van der Waals surface area contributed by atoms with E-state index in [1.807, 2.05) is 0 Å². The molecule has 1 amide bonds. The van der Waals surface area contributed by atoms with Gasteiger partial charge in [0.15, 0.2) is 11.6 Å². The summed E-state index contributed by atoms with van der Waals surface area (Å²) in [6.07, 6.45) is 0. The van der Waals surface area contributed by atoms with E-state index < -0.39 is 5.82 Å². The number of hydrogen-bond acceptors (Lipinski definition) is 4. The van der Waals surface area contributed by atoms with E-state index in [1.54, 1.807) is 31.2 Å². The average Bonchev–Trinajstić information content (AvgIpc) is 2.60. The van der Waals surface area contributed by atoms with Crippen molar-refractivity contribution < 1.29 is 23.4 Å². The highest BCUT2D eigenvalue weighted by Gasteiger charge is 2.15. The summed E-state index contributed by atoms with van der Waals surface area (Å²) in [5.41, 5.74) is 1.03. The first-order chi connectivity index (χ1) is 11.5. The minimum Gasteiger partial charge on any atom is -0.497 e. The summed E-state index contributed by atoms with van der Waals surface area (Å²) in [6, 6.07) is 9.10. The molecule has 0 unspecified atom stereocenters. The number of ether oxygens (including phenoxy) is 3. The number of carbonyl (C=O) groups is 1. The monoisotopic (exact) mass is 333 g/mol. The quantitative estimate of drug-likeness (QED) is 0.881. The van der Waals surface area contributed by atoms with E-state index in [4.69, 9.17) is 14.2 Å². The van der Waals surface area contributed by atoms with Crippen LogP contribution in [0.15, 0.2) is 36.4 Å². The molecule has 128 valence electrons. The highest BCUT2D eigenvalue weighted by molar-refractivity contribution is 5.95. The maximum atomic E-state index is 13.8. The Morgan fingerprint density at radius 3 is 2.12 bits per heavy atom. The van der Waals surface area contributed by atoms with Crippen molar-refractivity contribution in [1.82, 2.24) is 5.32 Å². The number of benzene rings is 2. The SMILES string of the molecule is COc1cc(OC)cc(C(=O)N[C@H](C)c2ccc(OC)c(F)c2)c1. The van der Waals surface area contributed by atoms with Crippen LogP contribution in [0.4, 0.5) is 4.39 Å².